The van der Waals surface area contributed by atoms with Crippen molar-refractivity contribution < 1.29 is 0 Å². The van der Waals surface area contributed by atoms with Crippen molar-refractivity contribution in [1.29, 1.82) is 0 Å². The molecular formula is C49H29N5S2. The van der Waals surface area contributed by atoms with Gasteiger partial charge in [0.15, 0.2) is 23.3 Å². The van der Waals surface area contributed by atoms with Gasteiger partial charge >= 0.3 is 0 Å². The smallest absolute Gasteiger partial charge is 0.164 e. The average molecular weight is 752 g/mol. The van der Waals surface area contributed by atoms with Crippen molar-refractivity contribution in [2.75, 3.05) is 0 Å². The molecule has 7 aromatic carbocycles. The zero-order valence-corrected chi connectivity index (χ0v) is 31.4. The summed E-state index contributed by atoms with van der Waals surface area (Å²) in [6, 6.07) is 60.8. The van der Waals surface area contributed by atoms with E-state index in [0.717, 1.165) is 76.0 Å². The molecule has 0 N–H and O–H groups in total. The van der Waals surface area contributed by atoms with Crippen LogP contribution in [0.3, 0.4) is 0 Å². The fourth-order valence-electron chi connectivity index (χ4n) is 7.49. The molecule has 56 heavy (non-hydrogen) atoms. The van der Waals surface area contributed by atoms with E-state index in [1.165, 1.54) is 15.0 Å². The van der Waals surface area contributed by atoms with Crippen LogP contribution in [0.15, 0.2) is 176 Å². The molecule has 0 aliphatic heterocycles. The first-order chi connectivity index (χ1) is 27.7. The van der Waals surface area contributed by atoms with E-state index in [1.807, 2.05) is 42.5 Å². The number of thiophene rings is 2. The maximum atomic E-state index is 5.33. The Labute approximate surface area is 330 Å². The molecule has 0 saturated carbocycles. The van der Waals surface area contributed by atoms with Gasteiger partial charge in [-0.15, -0.1) is 22.7 Å². The largest absolute Gasteiger partial charge is 0.226 e. The second-order valence-corrected chi connectivity index (χ2v) is 15.7. The van der Waals surface area contributed by atoms with Gasteiger partial charge in [-0.25, -0.2) is 24.9 Å². The molecule has 0 bridgehead atoms. The molecule has 0 fully saturated rings. The molecular weight excluding hydrogens is 723 g/mol. The van der Waals surface area contributed by atoms with E-state index in [-0.39, 0.29) is 0 Å². The summed E-state index contributed by atoms with van der Waals surface area (Å²) in [5, 5.41) is 3.41. The second kappa shape index (κ2) is 13.4. The SMILES string of the molecule is c1ccc(-c2ccc(-c3nc(-c4ccccc4)nc(-c4cccc5sc6c(-c7nc(-c8ccccc8)nc8c7sc7ccccc78)cccc6c45)n3)cc2)cc1. The van der Waals surface area contributed by atoms with Gasteiger partial charge in [-0.1, -0.05) is 164 Å². The first-order valence-corrected chi connectivity index (χ1v) is 20.1. The van der Waals surface area contributed by atoms with E-state index >= 15 is 0 Å². The van der Waals surface area contributed by atoms with Gasteiger partial charge in [0.2, 0.25) is 0 Å². The lowest BCUT2D eigenvalue weighted by Gasteiger charge is -2.10. The Kier molecular flexibility index (Phi) is 7.79. The standard InChI is InChI=1S/C49H29N5S2/c1-4-14-30(15-5-1)31-26-28-34(29-27-31)48-52-47(33-18-8-3-9-19-33)53-49(54-48)37-22-13-25-40-41(37)36-21-12-23-38(44(36)56-40)43-45-42(35-20-10-11-24-39(35)55-45)50-46(51-43)32-16-6-2-7-17-32/h1-29H. The van der Waals surface area contributed by atoms with E-state index < -0.39 is 0 Å². The molecule has 11 rings (SSSR count). The fourth-order valence-corrected chi connectivity index (χ4v) is 9.88. The molecule has 7 heteroatoms. The van der Waals surface area contributed by atoms with Gasteiger partial charge in [-0.05, 0) is 23.3 Å². The fraction of sp³-hybridized carbons (Fsp3) is 0. The first kappa shape index (κ1) is 32.5. The number of benzene rings is 7. The van der Waals surface area contributed by atoms with E-state index in [2.05, 4.69) is 133 Å². The quantitative estimate of drug-likeness (QED) is 0.169. The lowest BCUT2D eigenvalue weighted by atomic mass is 10.0. The molecule has 0 aliphatic carbocycles. The molecule has 0 spiro atoms. The van der Waals surface area contributed by atoms with Gasteiger partial charge in [0.25, 0.3) is 0 Å². The van der Waals surface area contributed by atoms with Crippen LogP contribution in [0.1, 0.15) is 0 Å². The minimum Gasteiger partial charge on any atom is -0.226 e. The number of rotatable bonds is 6. The summed E-state index contributed by atoms with van der Waals surface area (Å²) >= 11 is 3.54. The maximum Gasteiger partial charge on any atom is 0.164 e. The van der Waals surface area contributed by atoms with Crippen molar-refractivity contribution in [2.45, 2.75) is 0 Å². The molecule has 5 nitrogen and oxygen atoms in total. The lowest BCUT2D eigenvalue weighted by Crippen LogP contribution is -2.00. The Balaban J connectivity index is 1.12. The summed E-state index contributed by atoms with van der Waals surface area (Å²) in [5.41, 5.74) is 9.16. The van der Waals surface area contributed by atoms with Gasteiger partial charge in [0, 0.05) is 58.1 Å². The third kappa shape index (κ3) is 5.56. The van der Waals surface area contributed by atoms with Gasteiger partial charge < -0.3 is 0 Å². The molecule has 0 aliphatic rings. The van der Waals surface area contributed by atoms with Crippen molar-refractivity contribution in [3.63, 3.8) is 0 Å². The Morgan fingerprint density at radius 1 is 0.304 bits per heavy atom. The zero-order valence-electron chi connectivity index (χ0n) is 29.8. The summed E-state index contributed by atoms with van der Waals surface area (Å²) in [6.07, 6.45) is 0. The highest BCUT2D eigenvalue weighted by Crippen LogP contribution is 2.46. The molecule has 0 saturated heterocycles. The highest BCUT2D eigenvalue weighted by molar-refractivity contribution is 7.27. The molecule has 0 amide bonds. The number of hydrogen-bond donors (Lipinski definition) is 0. The number of hydrogen-bond acceptors (Lipinski definition) is 7. The summed E-state index contributed by atoms with van der Waals surface area (Å²) in [7, 11) is 0. The maximum absolute atomic E-state index is 5.33. The predicted octanol–water partition coefficient (Wildman–Crippen LogP) is 13.4. The Hall–Kier alpha value is -6.93. The van der Waals surface area contributed by atoms with Crippen LogP contribution in [-0.4, -0.2) is 24.9 Å². The Morgan fingerprint density at radius 2 is 0.786 bits per heavy atom. The molecule has 0 atom stereocenters. The molecule has 262 valence electrons. The summed E-state index contributed by atoms with van der Waals surface area (Å²) in [6.45, 7) is 0. The summed E-state index contributed by atoms with van der Waals surface area (Å²) in [4.78, 5) is 25.9. The van der Waals surface area contributed by atoms with E-state index in [4.69, 9.17) is 24.9 Å². The molecule has 0 radical (unpaired) electrons. The van der Waals surface area contributed by atoms with Crippen LogP contribution in [0.4, 0.5) is 0 Å². The normalized spacial score (nSPS) is 11.6. The van der Waals surface area contributed by atoms with Crippen molar-refractivity contribution in [2.24, 2.45) is 0 Å². The average Bonchev–Trinajstić information content (AvgIpc) is 3.86. The third-order valence-electron chi connectivity index (χ3n) is 10.2. The number of fused-ring (bicyclic) bond motifs is 6. The minimum atomic E-state index is 0.632. The van der Waals surface area contributed by atoms with Crippen molar-refractivity contribution >= 4 is 63.1 Å². The van der Waals surface area contributed by atoms with Crippen LogP contribution in [0.5, 0.6) is 0 Å². The highest BCUT2D eigenvalue weighted by Gasteiger charge is 2.22. The molecule has 4 heterocycles. The number of aromatic nitrogens is 5. The molecule has 4 aromatic heterocycles. The lowest BCUT2D eigenvalue weighted by molar-refractivity contribution is 1.08. The minimum absolute atomic E-state index is 0.632. The second-order valence-electron chi connectivity index (χ2n) is 13.6. The van der Waals surface area contributed by atoms with E-state index in [1.54, 1.807) is 22.7 Å². The Morgan fingerprint density at radius 3 is 1.50 bits per heavy atom. The summed E-state index contributed by atoms with van der Waals surface area (Å²) < 4.78 is 4.61. The highest BCUT2D eigenvalue weighted by atomic mass is 32.1. The van der Waals surface area contributed by atoms with Gasteiger partial charge in [-0.3, -0.25) is 0 Å². The van der Waals surface area contributed by atoms with Crippen LogP contribution in [-0.2, 0) is 0 Å². The van der Waals surface area contributed by atoms with E-state index in [9.17, 15) is 0 Å². The molecule has 0 unspecified atom stereocenters. The predicted molar refractivity (Wildman–Crippen MR) is 234 cm³/mol. The van der Waals surface area contributed by atoms with Gasteiger partial charge in [0.05, 0.1) is 15.9 Å². The topological polar surface area (TPSA) is 64.5 Å². The van der Waals surface area contributed by atoms with Crippen molar-refractivity contribution in [3.8, 4) is 67.9 Å². The monoisotopic (exact) mass is 751 g/mol. The van der Waals surface area contributed by atoms with Crippen LogP contribution in [0.25, 0.3) is 108 Å². The first-order valence-electron chi connectivity index (χ1n) is 18.4. The van der Waals surface area contributed by atoms with Gasteiger partial charge in [0.1, 0.15) is 0 Å². The van der Waals surface area contributed by atoms with E-state index in [0.29, 0.717) is 17.5 Å². The zero-order chi connectivity index (χ0) is 37.0. The van der Waals surface area contributed by atoms with Crippen LogP contribution in [0, 0.1) is 0 Å². The van der Waals surface area contributed by atoms with Crippen LogP contribution < -0.4 is 0 Å². The third-order valence-corrected chi connectivity index (χ3v) is 12.6. The van der Waals surface area contributed by atoms with Crippen molar-refractivity contribution in [3.05, 3.63) is 176 Å². The summed E-state index contributed by atoms with van der Waals surface area (Å²) in [5.74, 6) is 2.62. The Bertz CT molecular complexity index is 3230. The van der Waals surface area contributed by atoms with Crippen LogP contribution in [0.2, 0.25) is 0 Å². The van der Waals surface area contributed by atoms with Gasteiger partial charge in [-0.2, -0.15) is 0 Å². The van der Waals surface area contributed by atoms with Crippen molar-refractivity contribution in [1.82, 2.24) is 24.9 Å². The molecule has 11 aromatic rings. The van der Waals surface area contributed by atoms with Crippen LogP contribution >= 0.6 is 22.7 Å². The number of nitrogens with zero attached hydrogens (tertiary/aromatic N) is 5.